The van der Waals surface area contributed by atoms with Crippen molar-refractivity contribution in [1.82, 2.24) is 9.97 Å². The maximum absolute atomic E-state index is 12.1. The van der Waals surface area contributed by atoms with Crippen LogP contribution in [0.5, 0.6) is 0 Å². The molecule has 4 heteroatoms. The van der Waals surface area contributed by atoms with Crippen LogP contribution in [-0.4, -0.2) is 15.8 Å². The van der Waals surface area contributed by atoms with Crippen molar-refractivity contribution in [2.45, 2.75) is 12.3 Å². The quantitative estimate of drug-likeness (QED) is 0.774. The summed E-state index contributed by atoms with van der Waals surface area (Å²) >= 11 is 6.06. The Morgan fingerprint density at radius 2 is 2.12 bits per heavy atom. The largest absolute Gasteiger partial charge is 0.298 e. The maximum atomic E-state index is 12.1. The summed E-state index contributed by atoms with van der Waals surface area (Å²) in [4.78, 5) is 20.1. The number of fused-ring (bicyclic) bond motifs is 1. The summed E-state index contributed by atoms with van der Waals surface area (Å²) in [7, 11) is 0. The molecule has 1 aromatic heterocycles. The molecular formula is C13H9ClN2O. The van der Waals surface area contributed by atoms with Crippen LogP contribution < -0.4 is 0 Å². The van der Waals surface area contributed by atoms with Crippen molar-refractivity contribution >= 4 is 17.4 Å². The van der Waals surface area contributed by atoms with E-state index in [9.17, 15) is 4.79 Å². The van der Waals surface area contributed by atoms with Gasteiger partial charge < -0.3 is 0 Å². The van der Waals surface area contributed by atoms with Crippen LogP contribution in [-0.2, 0) is 11.2 Å². The molecule has 0 spiro atoms. The lowest BCUT2D eigenvalue weighted by molar-refractivity contribution is -0.118. The molecule has 1 atom stereocenters. The highest BCUT2D eigenvalue weighted by Gasteiger charge is 2.33. The Kier molecular flexibility index (Phi) is 2.41. The molecule has 1 heterocycles. The highest BCUT2D eigenvalue weighted by Crippen LogP contribution is 2.36. The summed E-state index contributed by atoms with van der Waals surface area (Å²) in [6.07, 6.45) is 3.41. The molecule has 17 heavy (non-hydrogen) atoms. The molecule has 0 saturated heterocycles. The van der Waals surface area contributed by atoms with Gasteiger partial charge in [0.05, 0.1) is 16.6 Å². The molecule has 0 amide bonds. The second-order valence-electron chi connectivity index (χ2n) is 4.03. The number of nitrogens with zero attached hydrogens (tertiary/aromatic N) is 2. The Morgan fingerprint density at radius 1 is 1.29 bits per heavy atom. The van der Waals surface area contributed by atoms with Crippen LogP contribution >= 0.6 is 11.6 Å². The van der Waals surface area contributed by atoms with Crippen molar-refractivity contribution in [3.63, 3.8) is 0 Å². The summed E-state index contributed by atoms with van der Waals surface area (Å²) < 4.78 is 0. The van der Waals surface area contributed by atoms with Crippen LogP contribution in [0.4, 0.5) is 0 Å². The highest BCUT2D eigenvalue weighted by molar-refractivity contribution is 6.31. The fourth-order valence-corrected chi connectivity index (χ4v) is 2.49. The van der Waals surface area contributed by atoms with E-state index in [1.54, 1.807) is 0 Å². The Labute approximate surface area is 103 Å². The number of halogens is 1. The van der Waals surface area contributed by atoms with E-state index in [0.29, 0.717) is 17.1 Å². The van der Waals surface area contributed by atoms with Crippen LogP contribution in [0.1, 0.15) is 22.7 Å². The van der Waals surface area contributed by atoms with Gasteiger partial charge in [0.1, 0.15) is 6.33 Å². The predicted octanol–water partition coefficient (Wildman–Crippen LogP) is 2.39. The van der Waals surface area contributed by atoms with Gasteiger partial charge in [-0.2, -0.15) is 0 Å². The molecule has 0 bridgehead atoms. The minimum Gasteiger partial charge on any atom is -0.298 e. The van der Waals surface area contributed by atoms with Gasteiger partial charge >= 0.3 is 0 Å². The molecule has 0 radical (unpaired) electrons. The number of carbonyl (C=O) groups excluding carboxylic acids is 1. The number of rotatable bonds is 1. The number of aromatic nitrogens is 2. The van der Waals surface area contributed by atoms with E-state index in [0.717, 1.165) is 11.1 Å². The zero-order valence-corrected chi connectivity index (χ0v) is 9.69. The fourth-order valence-electron chi connectivity index (χ4n) is 2.27. The predicted molar refractivity (Wildman–Crippen MR) is 64.0 cm³/mol. The molecule has 3 nitrogen and oxygen atoms in total. The summed E-state index contributed by atoms with van der Waals surface area (Å²) in [6.45, 7) is 0. The average molecular weight is 245 g/mol. The molecular weight excluding hydrogens is 236 g/mol. The van der Waals surface area contributed by atoms with E-state index in [1.165, 1.54) is 12.5 Å². The molecule has 84 valence electrons. The van der Waals surface area contributed by atoms with Gasteiger partial charge in [-0.05, 0) is 11.1 Å². The summed E-state index contributed by atoms with van der Waals surface area (Å²) in [5.41, 5.74) is 2.69. The van der Waals surface area contributed by atoms with Gasteiger partial charge in [-0.15, -0.1) is 0 Å². The van der Waals surface area contributed by atoms with Gasteiger partial charge in [-0.1, -0.05) is 35.9 Å². The lowest BCUT2D eigenvalue weighted by Crippen LogP contribution is -2.10. The van der Waals surface area contributed by atoms with Gasteiger partial charge in [0.25, 0.3) is 0 Å². The molecule has 0 aliphatic heterocycles. The van der Waals surface area contributed by atoms with Gasteiger partial charge in [-0.3, -0.25) is 4.79 Å². The zero-order valence-electron chi connectivity index (χ0n) is 8.93. The molecule has 1 unspecified atom stereocenters. The molecule has 0 fully saturated rings. The smallest absolute Gasteiger partial charge is 0.150 e. The number of Topliss-reactive ketones (excluding diaryl/α,β-unsaturated/α-hetero) is 1. The maximum Gasteiger partial charge on any atom is 0.150 e. The monoisotopic (exact) mass is 244 g/mol. The van der Waals surface area contributed by atoms with Crippen LogP contribution in [0, 0.1) is 0 Å². The molecule has 3 rings (SSSR count). The molecule has 1 aliphatic rings. The lowest BCUT2D eigenvalue weighted by atomic mass is 9.97. The number of hydrogen-bond donors (Lipinski definition) is 0. The summed E-state index contributed by atoms with van der Waals surface area (Å²) in [5.74, 6) is -0.187. The fraction of sp³-hybridized carbons (Fsp3) is 0.154. The third-order valence-corrected chi connectivity index (χ3v) is 3.31. The minimum atomic E-state index is -0.332. The van der Waals surface area contributed by atoms with Crippen molar-refractivity contribution in [1.29, 1.82) is 0 Å². The van der Waals surface area contributed by atoms with E-state index in [-0.39, 0.29) is 11.7 Å². The second-order valence-corrected chi connectivity index (χ2v) is 4.44. The topological polar surface area (TPSA) is 42.9 Å². The number of benzene rings is 1. The Bertz CT molecular complexity index is 597. The molecule has 1 aromatic carbocycles. The highest BCUT2D eigenvalue weighted by atomic mass is 35.5. The van der Waals surface area contributed by atoms with Crippen LogP contribution in [0.2, 0.25) is 5.02 Å². The molecule has 2 aromatic rings. The standard InChI is InChI=1S/C13H9ClN2O/c14-10-6-15-7-16-13(10)12-9-4-2-1-3-8(9)5-11(12)17/h1-4,6-7,12H,5H2. The van der Waals surface area contributed by atoms with Crippen molar-refractivity contribution in [2.75, 3.05) is 0 Å². The Balaban J connectivity index is 2.16. The van der Waals surface area contributed by atoms with Crippen molar-refractivity contribution in [3.8, 4) is 0 Å². The van der Waals surface area contributed by atoms with E-state index in [4.69, 9.17) is 11.6 Å². The van der Waals surface area contributed by atoms with Crippen LogP contribution in [0.25, 0.3) is 0 Å². The van der Waals surface area contributed by atoms with Crippen molar-refractivity contribution in [3.05, 3.63) is 58.6 Å². The zero-order chi connectivity index (χ0) is 11.8. The first-order valence-electron chi connectivity index (χ1n) is 5.33. The first kappa shape index (κ1) is 10.4. The Morgan fingerprint density at radius 3 is 2.94 bits per heavy atom. The first-order valence-corrected chi connectivity index (χ1v) is 5.71. The van der Waals surface area contributed by atoms with E-state index < -0.39 is 0 Å². The van der Waals surface area contributed by atoms with E-state index in [2.05, 4.69) is 9.97 Å². The molecule has 0 saturated carbocycles. The van der Waals surface area contributed by atoms with Crippen LogP contribution in [0.3, 0.4) is 0 Å². The number of hydrogen-bond acceptors (Lipinski definition) is 3. The molecule has 1 aliphatic carbocycles. The summed E-state index contributed by atoms with van der Waals surface area (Å²) in [6, 6.07) is 7.81. The number of carbonyl (C=O) groups is 1. The van der Waals surface area contributed by atoms with Crippen LogP contribution in [0.15, 0.2) is 36.8 Å². The van der Waals surface area contributed by atoms with Gasteiger partial charge in [0, 0.05) is 12.6 Å². The average Bonchev–Trinajstić information content (AvgIpc) is 2.66. The minimum absolute atomic E-state index is 0.145. The second kappa shape index (κ2) is 3.93. The van der Waals surface area contributed by atoms with Crippen molar-refractivity contribution < 1.29 is 4.79 Å². The summed E-state index contributed by atoms with van der Waals surface area (Å²) in [5, 5.41) is 0.447. The number of ketones is 1. The van der Waals surface area contributed by atoms with Crippen molar-refractivity contribution in [2.24, 2.45) is 0 Å². The third-order valence-electron chi connectivity index (χ3n) is 3.02. The normalized spacial score (nSPS) is 18.2. The van der Waals surface area contributed by atoms with Gasteiger partial charge in [0.15, 0.2) is 5.78 Å². The third kappa shape index (κ3) is 1.63. The SMILES string of the molecule is O=C1Cc2ccccc2C1c1ncncc1Cl. The van der Waals surface area contributed by atoms with E-state index in [1.807, 2.05) is 24.3 Å². The van der Waals surface area contributed by atoms with Gasteiger partial charge in [0.2, 0.25) is 0 Å². The molecule has 0 N–H and O–H groups in total. The van der Waals surface area contributed by atoms with E-state index >= 15 is 0 Å². The lowest BCUT2D eigenvalue weighted by Gasteiger charge is -2.10. The first-order chi connectivity index (χ1) is 8.27. The Hall–Kier alpha value is -1.74. The van der Waals surface area contributed by atoms with Gasteiger partial charge in [-0.25, -0.2) is 9.97 Å².